The second-order valence-electron chi connectivity index (χ2n) is 7.50. The summed E-state index contributed by atoms with van der Waals surface area (Å²) in [6.07, 6.45) is 6.97. The van der Waals surface area contributed by atoms with E-state index in [0.29, 0.717) is 17.7 Å². The molecule has 0 radical (unpaired) electrons. The largest absolute Gasteiger partial charge is 0.464 e. The summed E-state index contributed by atoms with van der Waals surface area (Å²) < 4.78 is 10.5. The number of methoxy groups -OCH3 is 1. The molecule has 6 heteroatoms. The first kappa shape index (κ1) is 18.9. The number of hydrogen-bond donors (Lipinski definition) is 1. The molecular formula is C22H27N3O3. The molecule has 1 saturated carbocycles. The lowest BCUT2D eigenvalue weighted by atomic mass is 9.86. The van der Waals surface area contributed by atoms with Crippen LogP contribution >= 0.6 is 0 Å². The molecule has 1 saturated heterocycles. The SMILES string of the molecule is CCc1c(Nc2ncc(C3CC3)nc2C(=O)OC)cccc1C1CCOCC1. The predicted octanol–water partition coefficient (Wildman–Crippen LogP) is 4.34. The van der Waals surface area contributed by atoms with Gasteiger partial charge in [-0.2, -0.15) is 0 Å². The average molecular weight is 381 g/mol. The summed E-state index contributed by atoms with van der Waals surface area (Å²) in [5, 5.41) is 3.37. The van der Waals surface area contributed by atoms with E-state index in [9.17, 15) is 4.79 Å². The third-order valence-corrected chi connectivity index (χ3v) is 5.65. The molecule has 148 valence electrons. The standard InChI is InChI=1S/C22H27N3O3/c1-3-16-17(14-9-11-28-12-10-14)5-4-6-18(16)25-21-20(22(26)27-2)24-19(13-23-21)15-7-8-15/h4-6,13-15H,3,7-12H2,1-2H3,(H,23,25). The fraction of sp³-hybridized carbons (Fsp3) is 0.500. The molecule has 1 aliphatic heterocycles. The molecule has 0 unspecified atom stereocenters. The Balaban J connectivity index is 1.67. The van der Waals surface area contributed by atoms with Gasteiger partial charge in [-0.3, -0.25) is 0 Å². The van der Waals surface area contributed by atoms with Gasteiger partial charge in [0.2, 0.25) is 0 Å². The number of carbonyl (C=O) groups is 1. The van der Waals surface area contributed by atoms with Gasteiger partial charge in [0.15, 0.2) is 11.5 Å². The van der Waals surface area contributed by atoms with Gasteiger partial charge in [0.1, 0.15) is 0 Å². The van der Waals surface area contributed by atoms with Gasteiger partial charge >= 0.3 is 5.97 Å². The Hall–Kier alpha value is -2.47. The van der Waals surface area contributed by atoms with E-state index in [-0.39, 0.29) is 5.69 Å². The number of ether oxygens (including phenoxy) is 2. The topological polar surface area (TPSA) is 73.3 Å². The second-order valence-corrected chi connectivity index (χ2v) is 7.50. The number of aromatic nitrogens is 2. The Kier molecular flexibility index (Phi) is 5.57. The van der Waals surface area contributed by atoms with E-state index in [2.05, 4.69) is 34.3 Å². The molecule has 2 heterocycles. The zero-order valence-corrected chi connectivity index (χ0v) is 16.5. The van der Waals surface area contributed by atoms with Crippen LogP contribution in [0.3, 0.4) is 0 Å². The van der Waals surface area contributed by atoms with E-state index in [1.54, 1.807) is 6.20 Å². The molecule has 1 aliphatic carbocycles. The molecule has 0 atom stereocenters. The normalized spacial score (nSPS) is 17.4. The first-order valence-corrected chi connectivity index (χ1v) is 10.1. The van der Waals surface area contributed by atoms with Crippen molar-refractivity contribution in [3.63, 3.8) is 0 Å². The van der Waals surface area contributed by atoms with E-state index < -0.39 is 5.97 Å². The van der Waals surface area contributed by atoms with Crippen LogP contribution in [-0.4, -0.2) is 36.3 Å². The third-order valence-electron chi connectivity index (χ3n) is 5.65. The minimum atomic E-state index is -0.462. The van der Waals surface area contributed by atoms with E-state index in [0.717, 1.165) is 56.7 Å². The number of hydrogen-bond acceptors (Lipinski definition) is 6. The molecule has 1 N–H and O–H groups in total. The second kappa shape index (κ2) is 8.27. The summed E-state index contributed by atoms with van der Waals surface area (Å²) in [6, 6.07) is 6.32. The van der Waals surface area contributed by atoms with Crippen molar-refractivity contribution in [3.8, 4) is 0 Å². The monoisotopic (exact) mass is 381 g/mol. The zero-order chi connectivity index (χ0) is 19.5. The number of benzene rings is 1. The van der Waals surface area contributed by atoms with Crippen molar-refractivity contribution >= 4 is 17.5 Å². The Morgan fingerprint density at radius 3 is 2.68 bits per heavy atom. The van der Waals surface area contributed by atoms with Gasteiger partial charge in [0, 0.05) is 24.8 Å². The first-order valence-electron chi connectivity index (χ1n) is 10.1. The van der Waals surface area contributed by atoms with Crippen LogP contribution in [0.15, 0.2) is 24.4 Å². The number of nitrogens with zero attached hydrogens (tertiary/aromatic N) is 2. The lowest BCUT2D eigenvalue weighted by Crippen LogP contribution is -2.16. The van der Waals surface area contributed by atoms with E-state index in [1.807, 2.05) is 6.07 Å². The van der Waals surface area contributed by atoms with Crippen molar-refractivity contribution in [1.29, 1.82) is 0 Å². The van der Waals surface area contributed by atoms with E-state index >= 15 is 0 Å². The number of nitrogens with one attached hydrogen (secondary N) is 1. The van der Waals surface area contributed by atoms with Gasteiger partial charge in [-0.1, -0.05) is 19.1 Å². The molecule has 28 heavy (non-hydrogen) atoms. The molecule has 2 aromatic rings. The summed E-state index contributed by atoms with van der Waals surface area (Å²) in [5.41, 5.74) is 4.73. The Morgan fingerprint density at radius 1 is 1.21 bits per heavy atom. The maximum Gasteiger partial charge on any atom is 0.360 e. The van der Waals surface area contributed by atoms with Crippen LogP contribution in [-0.2, 0) is 15.9 Å². The highest BCUT2D eigenvalue weighted by atomic mass is 16.5. The van der Waals surface area contributed by atoms with E-state index in [1.165, 1.54) is 18.2 Å². The predicted molar refractivity (Wildman–Crippen MR) is 107 cm³/mol. The average Bonchev–Trinajstić information content (AvgIpc) is 3.59. The van der Waals surface area contributed by atoms with Crippen LogP contribution in [0.25, 0.3) is 0 Å². The fourth-order valence-corrected chi connectivity index (χ4v) is 3.94. The van der Waals surface area contributed by atoms with Crippen molar-refractivity contribution in [3.05, 3.63) is 46.9 Å². The molecule has 2 fully saturated rings. The highest BCUT2D eigenvalue weighted by molar-refractivity contribution is 5.93. The van der Waals surface area contributed by atoms with Crippen molar-refractivity contribution in [2.75, 3.05) is 25.6 Å². The summed E-state index contributed by atoms with van der Waals surface area (Å²) in [6.45, 7) is 3.78. The molecule has 0 bridgehead atoms. The lowest BCUT2D eigenvalue weighted by molar-refractivity contribution is 0.0594. The van der Waals surface area contributed by atoms with Gasteiger partial charge in [-0.05, 0) is 55.2 Å². The van der Waals surface area contributed by atoms with Gasteiger partial charge in [0.25, 0.3) is 0 Å². The van der Waals surface area contributed by atoms with Crippen LogP contribution in [0.1, 0.15) is 71.8 Å². The molecule has 1 aromatic carbocycles. The molecule has 0 amide bonds. The quantitative estimate of drug-likeness (QED) is 0.751. The van der Waals surface area contributed by atoms with Crippen LogP contribution in [0.2, 0.25) is 0 Å². The molecule has 6 nitrogen and oxygen atoms in total. The highest BCUT2D eigenvalue weighted by Gasteiger charge is 2.28. The molecular weight excluding hydrogens is 354 g/mol. The minimum Gasteiger partial charge on any atom is -0.464 e. The number of anilines is 2. The lowest BCUT2D eigenvalue weighted by Gasteiger charge is -2.26. The summed E-state index contributed by atoms with van der Waals surface area (Å²) >= 11 is 0. The molecule has 4 rings (SSSR count). The Labute approximate surface area is 165 Å². The van der Waals surface area contributed by atoms with E-state index in [4.69, 9.17) is 9.47 Å². The van der Waals surface area contributed by atoms with Gasteiger partial charge in [-0.25, -0.2) is 14.8 Å². The maximum absolute atomic E-state index is 12.3. The van der Waals surface area contributed by atoms with Crippen molar-refractivity contribution in [2.45, 2.75) is 50.9 Å². The van der Waals surface area contributed by atoms with Crippen LogP contribution in [0.4, 0.5) is 11.5 Å². The summed E-state index contributed by atoms with van der Waals surface area (Å²) in [7, 11) is 1.38. The summed E-state index contributed by atoms with van der Waals surface area (Å²) in [5.74, 6) is 0.924. The first-order chi connectivity index (χ1) is 13.7. The van der Waals surface area contributed by atoms with Gasteiger partial charge in [0.05, 0.1) is 19.0 Å². The number of esters is 1. The van der Waals surface area contributed by atoms with Crippen LogP contribution in [0.5, 0.6) is 0 Å². The van der Waals surface area contributed by atoms with Gasteiger partial charge in [-0.15, -0.1) is 0 Å². The van der Waals surface area contributed by atoms with Crippen molar-refractivity contribution in [2.24, 2.45) is 0 Å². The smallest absolute Gasteiger partial charge is 0.360 e. The minimum absolute atomic E-state index is 0.255. The highest BCUT2D eigenvalue weighted by Crippen LogP contribution is 2.39. The van der Waals surface area contributed by atoms with Crippen LogP contribution < -0.4 is 5.32 Å². The zero-order valence-electron chi connectivity index (χ0n) is 16.5. The Morgan fingerprint density at radius 2 is 2.00 bits per heavy atom. The maximum atomic E-state index is 12.3. The Bertz CT molecular complexity index is 858. The third kappa shape index (κ3) is 3.87. The molecule has 1 aromatic heterocycles. The molecule has 2 aliphatic rings. The van der Waals surface area contributed by atoms with Crippen LogP contribution in [0, 0.1) is 0 Å². The number of carbonyl (C=O) groups excluding carboxylic acids is 1. The van der Waals surface area contributed by atoms with Gasteiger partial charge < -0.3 is 14.8 Å². The number of rotatable bonds is 6. The summed E-state index contributed by atoms with van der Waals surface area (Å²) in [4.78, 5) is 21.4. The van der Waals surface area contributed by atoms with Crippen molar-refractivity contribution in [1.82, 2.24) is 9.97 Å². The van der Waals surface area contributed by atoms with Crippen molar-refractivity contribution < 1.29 is 14.3 Å². The molecule has 0 spiro atoms. The fourth-order valence-electron chi connectivity index (χ4n) is 3.94.